The van der Waals surface area contributed by atoms with Gasteiger partial charge in [-0.2, -0.15) is 0 Å². The Bertz CT molecular complexity index is 733. The van der Waals surface area contributed by atoms with Gasteiger partial charge in [-0.3, -0.25) is 9.69 Å². The van der Waals surface area contributed by atoms with E-state index in [0.29, 0.717) is 12.6 Å². The maximum absolute atomic E-state index is 12.9. The highest BCUT2D eigenvalue weighted by atomic mass is 16.2. The van der Waals surface area contributed by atoms with Gasteiger partial charge in [0.25, 0.3) is 5.91 Å². The number of imidazole rings is 1. The molecule has 5 heteroatoms. The van der Waals surface area contributed by atoms with Crippen molar-refractivity contribution in [2.75, 3.05) is 13.6 Å². The minimum absolute atomic E-state index is 0.109. The predicted octanol–water partition coefficient (Wildman–Crippen LogP) is 3.08. The monoisotopic (exact) mass is 340 g/mol. The number of carbonyl (C=O) groups is 1. The van der Waals surface area contributed by atoms with Crippen LogP contribution in [0.3, 0.4) is 0 Å². The fourth-order valence-corrected chi connectivity index (χ4v) is 3.12. The first-order valence-corrected chi connectivity index (χ1v) is 9.04. The van der Waals surface area contributed by atoms with Crippen LogP contribution < -0.4 is 0 Å². The summed E-state index contributed by atoms with van der Waals surface area (Å²) >= 11 is 0. The van der Waals surface area contributed by atoms with Gasteiger partial charge in [0, 0.05) is 31.2 Å². The van der Waals surface area contributed by atoms with Crippen molar-refractivity contribution in [2.24, 2.45) is 0 Å². The lowest BCUT2D eigenvalue weighted by Gasteiger charge is -2.23. The van der Waals surface area contributed by atoms with Crippen molar-refractivity contribution < 1.29 is 4.79 Å². The molecule has 1 amide bonds. The van der Waals surface area contributed by atoms with Crippen molar-refractivity contribution in [2.45, 2.75) is 52.9 Å². The van der Waals surface area contributed by atoms with Crippen LogP contribution in [-0.4, -0.2) is 44.9 Å². The number of carbonyl (C=O) groups excluding carboxylic acids is 1. The van der Waals surface area contributed by atoms with Crippen LogP contribution in [0, 0.1) is 6.92 Å². The average molecular weight is 340 g/mol. The summed E-state index contributed by atoms with van der Waals surface area (Å²) in [4.78, 5) is 21.8. The maximum atomic E-state index is 12.9. The van der Waals surface area contributed by atoms with E-state index in [1.165, 1.54) is 11.3 Å². The normalized spacial score (nSPS) is 14.7. The van der Waals surface area contributed by atoms with Gasteiger partial charge in [-0.25, -0.2) is 4.98 Å². The fourth-order valence-electron chi connectivity index (χ4n) is 3.12. The van der Waals surface area contributed by atoms with E-state index >= 15 is 0 Å². The molecule has 1 aliphatic heterocycles. The lowest BCUT2D eigenvalue weighted by molar-refractivity contribution is 0.0745. The van der Waals surface area contributed by atoms with Crippen LogP contribution in [0.15, 0.2) is 30.6 Å². The van der Waals surface area contributed by atoms with E-state index in [2.05, 4.69) is 35.3 Å². The summed E-state index contributed by atoms with van der Waals surface area (Å²) in [6.07, 6.45) is 2.89. The van der Waals surface area contributed by atoms with Gasteiger partial charge in [-0.05, 0) is 46.4 Å². The summed E-state index contributed by atoms with van der Waals surface area (Å²) in [5.41, 5.74) is 4.19. The van der Waals surface area contributed by atoms with Gasteiger partial charge in [0.15, 0.2) is 0 Å². The van der Waals surface area contributed by atoms with Gasteiger partial charge in [0.2, 0.25) is 0 Å². The quantitative estimate of drug-likeness (QED) is 0.859. The third-order valence-corrected chi connectivity index (χ3v) is 5.07. The molecule has 134 valence electrons. The Kier molecular flexibility index (Phi) is 5.23. The van der Waals surface area contributed by atoms with Crippen molar-refractivity contribution in [1.82, 2.24) is 19.4 Å². The predicted molar refractivity (Wildman–Crippen MR) is 99.4 cm³/mol. The molecule has 2 aromatic rings. The number of benzene rings is 1. The van der Waals surface area contributed by atoms with E-state index < -0.39 is 0 Å². The summed E-state index contributed by atoms with van der Waals surface area (Å²) in [6.45, 7) is 9.56. The van der Waals surface area contributed by atoms with Crippen molar-refractivity contribution >= 4 is 5.91 Å². The molecule has 2 heterocycles. The maximum Gasteiger partial charge on any atom is 0.254 e. The molecule has 0 radical (unpaired) electrons. The molecule has 0 atom stereocenters. The average Bonchev–Trinajstić information content (AvgIpc) is 2.83. The molecular weight excluding hydrogens is 312 g/mol. The van der Waals surface area contributed by atoms with Gasteiger partial charge < -0.3 is 9.47 Å². The first-order valence-electron chi connectivity index (χ1n) is 9.04. The summed E-state index contributed by atoms with van der Waals surface area (Å²) in [5.74, 6) is 0.109. The molecule has 0 spiro atoms. The Balaban J connectivity index is 1.81. The molecule has 25 heavy (non-hydrogen) atoms. The van der Waals surface area contributed by atoms with Crippen LogP contribution in [0.5, 0.6) is 0 Å². The van der Waals surface area contributed by atoms with E-state index in [4.69, 9.17) is 0 Å². The highest BCUT2D eigenvalue weighted by Crippen LogP contribution is 2.20. The minimum Gasteiger partial charge on any atom is -0.333 e. The largest absolute Gasteiger partial charge is 0.333 e. The van der Waals surface area contributed by atoms with Gasteiger partial charge in [0.1, 0.15) is 0 Å². The van der Waals surface area contributed by atoms with Crippen molar-refractivity contribution in [3.8, 4) is 0 Å². The van der Waals surface area contributed by atoms with E-state index in [1.807, 2.05) is 42.4 Å². The second-order valence-electron chi connectivity index (χ2n) is 7.29. The van der Waals surface area contributed by atoms with Crippen LogP contribution >= 0.6 is 0 Å². The molecule has 5 nitrogen and oxygen atoms in total. The fraction of sp³-hybridized carbons (Fsp3) is 0.500. The van der Waals surface area contributed by atoms with Crippen molar-refractivity contribution in [3.63, 3.8) is 0 Å². The Morgan fingerprint density at radius 2 is 1.96 bits per heavy atom. The first-order chi connectivity index (χ1) is 12.0. The number of hydrogen-bond acceptors (Lipinski definition) is 3. The third kappa shape index (κ3) is 3.93. The molecule has 0 saturated heterocycles. The summed E-state index contributed by atoms with van der Waals surface area (Å²) in [5, 5.41) is 0. The highest BCUT2D eigenvalue weighted by Gasteiger charge is 2.23. The number of nitrogens with zero attached hydrogens (tertiary/aromatic N) is 4. The zero-order valence-corrected chi connectivity index (χ0v) is 15.7. The van der Waals surface area contributed by atoms with E-state index in [1.54, 1.807) is 0 Å². The highest BCUT2D eigenvalue weighted by molar-refractivity contribution is 5.94. The summed E-state index contributed by atoms with van der Waals surface area (Å²) in [6, 6.07) is 8.31. The van der Waals surface area contributed by atoms with E-state index in [9.17, 15) is 4.79 Å². The Morgan fingerprint density at radius 3 is 2.64 bits per heavy atom. The molecule has 1 aromatic heterocycles. The molecule has 0 unspecified atom stereocenters. The molecular formula is C20H28N4O. The van der Waals surface area contributed by atoms with E-state index in [-0.39, 0.29) is 5.91 Å². The molecule has 1 aliphatic rings. The second kappa shape index (κ2) is 7.40. The molecule has 0 saturated carbocycles. The van der Waals surface area contributed by atoms with E-state index in [0.717, 1.165) is 37.3 Å². The lowest BCUT2D eigenvalue weighted by atomic mass is 10.1. The Hall–Kier alpha value is -2.14. The van der Waals surface area contributed by atoms with Gasteiger partial charge >= 0.3 is 0 Å². The summed E-state index contributed by atoms with van der Waals surface area (Å²) in [7, 11) is 2.11. The van der Waals surface area contributed by atoms with Crippen LogP contribution in [0.2, 0.25) is 0 Å². The van der Waals surface area contributed by atoms with Crippen LogP contribution in [-0.2, 0) is 19.6 Å². The number of aryl methyl sites for hydroxylation is 2. The second-order valence-corrected chi connectivity index (χ2v) is 7.29. The third-order valence-electron chi connectivity index (χ3n) is 5.07. The summed E-state index contributed by atoms with van der Waals surface area (Å²) < 4.78 is 2.21. The number of hydrogen-bond donors (Lipinski definition) is 0. The minimum atomic E-state index is 0.109. The topological polar surface area (TPSA) is 41.4 Å². The number of fused-ring (bicyclic) bond motifs is 1. The number of rotatable bonds is 4. The first kappa shape index (κ1) is 17.7. The number of aromatic nitrogens is 2. The molecule has 0 bridgehead atoms. The van der Waals surface area contributed by atoms with Gasteiger partial charge in [0.05, 0.1) is 24.3 Å². The van der Waals surface area contributed by atoms with Crippen molar-refractivity contribution in [1.29, 1.82) is 0 Å². The molecule has 0 fully saturated rings. The molecule has 3 rings (SSSR count). The zero-order valence-electron chi connectivity index (χ0n) is 15.7. The lowest BCUT2D eigenvalue weighted by Crippen LogP contribution is -2.32. The zero-order chi connectivity index (χ0) is 18.0. The SMILES string of the molecule is Cc1ccc(C(=O)N2CCCn3cnc(CN(C)C(C)C)c3C2)cc1. The molecule has 0 N–H and O–H groups in total. The van der Waals surface area contributed by atoms with Crippen LogP contribution in [0.25, 0.3) is 0 Å². The molecule has 1 aromatic carbocycles. The number of amides is 1. The van der Waals surface area contributed by atoms with Gasteiger partial charge in [-0.15, -0.1) is 0 Å². The smallest absolute Gasteiger partial charge is 0.254 e. The standard InChI is InChI=1S/C20H28N4O/c1-15(2)22(4)12-18-19-13-23(10-5-11-24(19)14-21-18)20(25)17-8-6-16(3)7-9-17/h6-9,14-15H,5,10-13H2,1-4H3. The van der Waals surface area contributed by atoms with Crippen LogP contribution in [0.1, 0.15) is 47.6 Å². The van der Waals surface area contributed by atoms with Crippen LogP contribution in [0.4, 0.5) is 0 Å². The Labute approximate surface area is 150 Å². The van der Waals surface area contributed by atoms with Crippen molar-refractivity contribution in [3.05, 3.63) is 53.1 Å². The van der Waals surface area contributed by atoms with Gasteiger partial charge in [-0.1, -0.05) is 17.7 Å². The molecule has 0 aliphatic carbocycles. The Morgan fingerprint density at radius 1 is 1.24 bits per heavy atom.